The molecule has 1 heterocycles. The highest BCUT2D eigenvalue weighted by Gasteiger charge is 2.17. The summed E-state index contributed by atoms with van der Waals surface area (Å²) in [4.78, 5) is 7.18. The molecule has 6 nitrogen and oxygen atoms in total. The number of aromatic amines is 1. The molecular weight excluding hydrogens is 326 g/mol. The second kappa shape index (κ2) is 6.37. The van der Waals surface area contributed by atoms with E-state index < -0.39 is 10.0 Å². The van der Waals surface area contributed by atoms with Crippen molar-refractivity contribution in [3.63, 3.8) is 0 Å². The minimum atomic E-state index is -3.69. The zero-order chi connectivity index (χ0) is 17.2. The first-order valence-electron chi connectivity index (χ1n) is 7.26. The molecule has 124 valence electrons. The minimum absolute atomic E-state index is 0.218. The van der Waals surface area contributed by atoms with Gasteiger partial charge in [0.15, 0.2) is 0 Å². The lowest BCUT2D eigenvalue weighted by atomic mass is 10.1. The molecule has 2 aromatic carbocycles. The van der Waals surface area contributed by atoms with E-state index in [-0.39, 0.29) is 4.90 Å². The second-order valence-corrected chi connectivity index (χ2v) is 6.93. The summed E-state index contributed by atoms with van der Waals surface area (Å²) < 4.78 is 33.0. The Morgan fingerprint density at radius 2 is 2.00 bits per heavy atom. The van der Waals surface area contributed by atoms with Crippen LogP contribution in [0.2, 0.25) is 0 Å². The summed E-state index contributed by atoms with van der Waals surface area (Å²) in [5.41, 5.74) is 2.76. The van der Waals surface area contributed by atoms with Crippen molar-refractivity contribution < 1.29 is 13.2 Å². The van der Waals surface area contributed by atoms with E-state index in [1.807, 2.05) is 6.07 Å². The summed E-state index contributed by atoms with van der Waals surface area (Å²) in [6.45, 7) is 1.73. The molecule has 0 unspecified atom stereocenters. The summed E-state index contributed by atoms with van der Waals surface area (Å²) in [6.07, 6.45) is 3.26. The van der Waals surface area contributed by atoms with Gasteiger partial charge in [-0.3, -0.25) is 4.72 Å². The Balaban J connectivity index is 1.91. The van der Waals surface area contributed by atoms with Crippen LogP contribution in [-0.4, -0.2) is 25.5 Å². The van der Waals surface area contributed by atoms with Crippen molar-refractivity contribution in [2.45, 2.75) is 11.8 Å². The summed E-state index contributed by atoms with van der Waals surface area (Å²) in [6, 6.07) is 12.0. The Bertz CT molecular complexity index is 951. The number of sulfonamides is 1. The van der Waals surface area contributed by atoms with E-state index in [1.165, 1.54) is 6.07 Å². The number of ether oxygens (including phenoxy) is 1. The van der Waals surface area contributed by atoms with Crippen molar-refractivity contribution in [2.24, 2.45) is 0 Å². The first-order valence-corrected chi connectivity index (χ1v) is 8.74. The SMILES string of the molecule is COc1ccc(S(=O)(=O)Nc2cccc(-c3cnc[nH]3)c2)c(C)c1. The van der Waals surface area contributed by atoms with Gasteiger partial charge in [0, 0.05) is 11.3 Å². The Kier molecular flexibility index (Phi) is 4.26. The van der Waals surface area contributed by atoms with Crippen molar-refractivity contribution >= 4 is 15.7 Å². The molecule has 0 atom stereocenters. The van der Waals surface area contributed by atoms with Crippen molar-refractivity contribution in [1.82, 2.24) is 9.97 Å². The number of nitrogens with zero attached hydrogens (tertiary/aromatic N) is 1. The molecule has 0 radical (unpaired) electrons. The second-order valence-electron chi connectivity index (χ2n) is 5.28. The van der Waals surface area contributed by atoms with Crippen LogP contribution in [0.3, 0.4) is 0 Å². The van der Waals surface area contributed by atoms with E-state index in [9.17, 15) is 8.42 Å². The van der Waals surface area contributed by atoms with Crippen LogP contribution in [0.4, 0.5) is 5.69 Å². The molecule has 0 amide bonds. The number of methoxy groups -OCH3 is 1. The highest BCUT2D eigenvalue weighted by Crippen LogP contribution is 2.25. The molecule has 0 aliphatic carbocycles. The number of aryl methyl sites for hydroxylation is 1. The van der Waals surface area contributed by atoms with Gasteiger partial charge < -0.3 is 9.72 Å². The third-order valence-corrected chi connectivity index (χ3v) is 5.14. The Morgan fingerprint density at radius 1 is 1.17 bits per heavy atom. The number of hydrogen-bond acceptors (Lipinski definition) is 4. The van der Waals surface area contributed by atoms with Gasteiger partial charge in [0.1, 0.15) is 5.75 Å². The maximum atomic E-state index is 12.6. The van der Waals surface area contributed by atoms with E-state index in [1.54, 1.807) is 56.9 Å². The third-order valence-electron chi connectivity index (χ3n) is 3.60. The van der Waals surface area contributed by atoms with Crippen LogP contribution in [0.1, 0.15) is 5.56 Å². The van der Waals surface area contributed by atoms with Gasteiger partial charge in [-0.15, -0.1) is 0 Å². The zero-order valence-electron chi connectivity index (χ0n) is 13.3. The Labute approximate surface area is 140 Å². The molecule has 0 saturated heterocycles. The molecule has 0 bridgehead atoms. The lowest BCUT2D eigenvalue weighted by Crippen LogP contribution is -2.14. The summed E-state index contributed by atoms with van der Waals surface area (Å²) in [5, 5.41) is 0. The monoisotopic (exact) mass is 343 g/mol. The summed E-state index contributed by atoms with van der Waals surface area (Å²) in [5.74, 6) is 0.618. The fraction of sp³-hybridized carbons (Fsp3) is 0.118. The van der Waals surface area contributed by atoms with Gasteiger partial charge in [0.2, 0.25) is 0 Å². The number of nitrogens with one attached hydrogen (secondary N) is 2. The lowest BCUT2D eigenvalue weighted by molar-refractivity contribution is 0.414. The number of anilines is 1. The Morgan fingerprint density at radius 3 is 2.67 bits per heavy atom. The van der Waals surface area contributed by atoms with Crippen LogP contribution >= 0.6 is 0 Å². The van der Waals surface area contributed by atoms with Gasteiger partial charge in [-0.05, 0) is 42.8 Å². The molecule has 0 aliphatic rings. The molecule has 3 aromatic rings. The van der Waals surface area contributed by atoms with Crippen molar-refractivity contribution in [3.05, 3.63) is 60.6 Å². The number of hydrogen-bond donors (Lipinski definition) is 2. The minimum Gasteiger partial charge on any atom is -0.497 e. The molecule has 2 N–H and O–H groups in total. The van der Waals surface area contributed by atoms with Gasteiger partial charge >= 0.3 is 0 Å². The van der Waals surface area contributed by atoms with E-state index >= 15 is 0 Å². The van der Waals surface area contributed by atoms with Crippen LogP contribution in [0.5, 0.6) is 5.75 Å². The maximum absolute atomic E-state index is 12.6. The van der Waals surface area contributed by atoms with E-state index in [4.69, 9.17) is 4.74 Å². The van der Waals surface area contributed by atoms with E-state index in [2.05, 4.69) is 14.7 Å². The number of H-pyrrole nitrogens is 1. The van der Waals surface area contributed by atoms with Crippen LogP contribution in [0.15, 0.2) is 59.9 Å². The van der Waals surface area contributed by atoms with Crippen LogP contribution in [0, 0.1) is 6.92 Å². The van der Waals surface area contributed by atoms with Crippen LogP contribution in [-0.2, 0) is 10.0 Å². The molecular formula is C17H17N3O3S. The van der Waals surface area contributed by atoms with Crippen LogP contribution in [0.25, 0.3) is 11.3 Å². The number of benzene rings is 2. The molecule has 0 fully saturated rings. The van der Waals surface area contributed by atoms with Gasteiger partial charge in [-0.25, -0.2) is 13.4 Å². The highest BCUT2D eigenvalue weighted by molar-refractivity contribution is 7.92. The van der Waals surface area contributed by atoms with Crippen molar-refractivity contribution in [2.75, 3.05) is 11.8 Å². The fourth-order valence-corrected chi connectivity index (χ4v) is 3.70. The standard InChI is InChI=1S/C17H17N3O3S/c1-12-8-15(23-2)6-7-17(12)24(21,22)20-14-5-3-4-13(9-14)16-10-18-11-19-16/h3-11,20H,1-2H3,(H,18,19). The number of imidazole rings is 1. The highest BCUT2D eigenvalue weighted by atomic mass is 32.2. The van der Waals surface area contributed by atoms with Gasteiger partial charge in [0.25, 0.3) is 10.0 Å². The Hall–Kier alpha value is -2.80. The molecule has 0 spiro atoms. The quantitative estimate of drug-likeness (QED) is 0.745. The average Bonchev–Trinajstić information content (AvgIpc) is 3.08. The van der Waals surface area contributed by atoms with Crippen molar-refractivity contribution in [3.8, 4) is 17.0 Å². The van der Waals surface area contributed by atoms with Crippen LogP contribution < -0.4 is 9.46 Å². The average molecular weight is 343 g/mol. The van der Waals surface area contributed by atoms with Gasteiger partial charge in [-0.1, -0.05) is 12.1 Å². The summed E-state index contributed by atoms with van der Waals surface area (Å²) in [7, 11) is -2.14. The fourth-order valence-electron chi connectivity index (χ4n) is 2.42. The molecule has 1 aromatic heterocycles. The van der Waals surface area contributed by atoms with Gasteiger partial charge in [0.05, 0.1) is 30.2 Å². The molecule has 3 rings (SSSR count). The normalized spacial score (nSPS) is 11.2. The molecule has 0 aliphatic heterocycles. The van der Waals surface area contributed by atoms with Gasteiger partial charge in [-0.2, -0.15) is 0 Å². The van der Waals surface area contributed by atoms with E-state index in [0.29, 0.717) is 17.0 Å². The zero-order valence-corrected chi connectivity index (χ0v) is 14.1. The molecule has 0 saturated carbocycles. The first-order chi connectivity index (χ1) is 11.5. The smallest absolute Gasteiger partial charge is 0.262 e. The number of aromatic nitrogens is 2. The molecule has 7 heteroatoms. The predicted octanol–water partition coefficient (Wildman–Crippen LogP) is 3.19. The predicted molar refractivity (Wildman–Crippen MR) is 92.6 cm³/mol. The maximum Gasteiger partial charge on any atom is 0.262 e. The lowest BCUT2D eigenvalue weighted by Gasteiger charge is -2.12. The topological polar surface area (TPSA) is 84.1 Å². The first kappa shape index (κ1) is 16.1. The van der Waals surface area contributed by atoms with Crippen molar-refractivity contribution in [1.29, 1.82) is 0 Å². The molecule has 24 heavy (non-hydrogen) atoms. The summed E-state index contributed by atoms with van der Waals surface area (Å²) >= 11 is 0. The number of rotatable bonds is 5. The largest absolute Gasteiger partial charge is 0.497 e. The van der Waals surface area contributed by atoms with E-state index in [0.717, 1.165) is 11.3 Å². The third kappa shape index (κ3) is 3.26.